The highest BCUT2D eigenvalue weighted by atomic mass is 31.2. The van der Waals surface area contributed by atoms with Crippen molar-refractivity contribution in [2.75, 3.05) is 31.2 Å². The Kier molecular flexibility index (Phi) is 16.0. The van der Waals surface area contributed by atoms with Crippen molar-refractivity contribution in [1.29, 1.82) is 0 Å². The van der Waals surface area contributed by atoms with Gasteiger partial charge < -0.3 is 10.4 Å². The molecule has 1 aliphatic heterocycles. The molecule has 1 saturated heterocycles. The van der Waals surface area contributed by atoms with Gasteiger partial charge in [0.2, 0.25) is 0 Å². The SMILES string of the molecule is CCCC[P+](CCCC)(CCCC)CCCC.O=C(O)[C@@H]1CCCN1. The molecule has 0 amide bonds. The average Bonchev–Trinajstić information content (AvgIpc) is 3.16. The maximum Gasteiger partial charge on any atom is 0.320 e. The summed E-state index contributed by atoms with van der Waals surface area (Å²) in [6, 6.07) is -0.269. The summed E-state index contributed by atoms with van der Waals surface area (Å²) in [6.45, 7) is 10.3. The first-order valence-electron chi connectivity index (χ1n) is 10.9. The van der Waals surface area contributed by atoms with Gasteiger partial charge in [0.1, 0.15) is 6.04 Å². The van der Waals surface area contributed by atoms with Crippen LogP contribution in [0.15, 0.2) is 0 Å². The molecule has 1 aliphatic rings. The van der Waals surface area contributed by atoms with Crippen molar-refractivity contribution in [3.05, 3.63) is 0 Å². The molecule has 0 aromatic carbocycles. The second kappa shape index (κ2) is 16.1. The van der Waals surface area contributed by atoms with Crippen molar-refractivity contribution in [2.24, 2.45) is 0 Å². The monoisotopic (exact) mass is 374 g/mol. The molecule has 1 fully saturated rings. The third-order valence-electron chi connectivity index (χ3n) is 5.30. The number of carboxylic acid groups (broad SMARTS) is 1. The van der Waals surface area contributed by atoms with E-state index in [4.69, 9.17) is 5.11 Å². The molecule has 0 aromatic rings. The van der Waals surface area contributed by atoms with E-state index in [1.807, 2.05) is 0 Å². The molecule has 150 valence electrons. The highest BCUT2D eigenvalue weighted by Gasteiger charge is 2.34. The van der Waals surface area contributed by atoms with E-state index in [9.17, 15) is 4.79 Å². The molecule has 0 aromatic heterocycles. The van der Waals surface area contributed by atoms with Crippen LogP contribution in [-0.2, 0) is 4.79 Å². The van der Waals surface area contributed by atoms with Gasteiger partial charge in [-0.3, -0.25) is 4.79 Å². The molecule has 1 rings (SSSR count). The van der Waals surface area contributed by atoms with Crippen LogP contribution < -0.4 is 5.32 Å². The zero-order valence-electron chi connectivity index (χ0n) is 17.5. The van der Waals surface area contributed by atoms with Gasteiger partial charge in [-0.05, 0) is 45.1 Å². The van der Waals surface area contributed by atoms with Crippen LogP contribution in [0.5, 0.6) is 0 Å². The molecule has 0 bridgehead atoms. The number of rotatable bonds is 13. The topological polar surface area (TPSA) is 49.3 Å². The average molecular weight is 375 g/mol. The molecule has 1 heterocycles. The van der Waals surface area contributed by atoms with Gasteiger partial charge in [-0.15, -0.1) is 0 Å². The normalized spacial score (nSPS) is 17.2. The van der Waals surface area contributed by atoms with Crippen LogP contribution in [0.2, 0.25) is 0 Å². The Morgan fingerprint density at radius 1 is 0.880 bits per heavy atom. The Labute approximate surface area is 158 Å². The minimum atomic E-state index is -0.720. The van der Waals surface area contributed by atoms with Gasteiger partial charge >= 0.3 is 5.97 Å². The number of carbonyl (C=O) groups is 1. The fraction of sp³-hybridized carbons (Fsp3) is 0.952. The third kappa shape index (κ3) is 12.0. The van der Waals surface area contributed by atoms with E-state index < -0.39 is 13.2 Å². The minimum absolute atomic E-state index is 0.269. The van der Waals surface area contributed by atoms with Gasteiger partial charge in [0, 0.05) is 7.26 Å². The first kappa shape index (κ1) is 24.9. The summed E-state index contributed by atoms with van der Waals surface area (Å²) >= 11 is 0. The van der Waals surface area contributed by atoms with Crippen molar-refractivity contribution in [1.82, 2.24) is 5.32 Å². The van der Waals surface area contributed by atoms with Crippen LogP contribution in [0.3, 0.4) is 0 Å². The van der Waals surface area contributed by atoms with E-state index in [0.717, 1.165) is 19.4 Å². The summed E-state index contributed by atoms with van der Waals surface area (Å²) in [5.74, 6) is -0.720. The molecule has 4 heteroatoms. The Balaban J connectivity index is 0.000000593. The van der Waals surface area contributed by atoms with Gasteiger partial charge in [0.25, 0.3) is 0 Å². The molecule has 1 atom stereocenters. The number of unbranched alkanes of at least 4 members (excludes halogenated alkanes) is 4. The van der Waals surface area contributed by atoms with Crippen LogP contribution in [-0.4, -0.2) is 48.3 Å². The van der Waals surface area contributed by atoms with E-state index >= 15 is 0 Å². The van der Waals surface area contributed by atoms with Gasteiger partial charge in [-0.2, -0.15) is 0 Å². The predicted octanol–water partition coefficient (Wildman–Crippen LogP) is 6.03. The fourth-order valence-electron chi connectivity index (χ4n) is 3.54. The smallest absolute Gasteiger partial charge is 0.320 e. The molecule has 0 saturated carbocycles. The summed E-state index contributed by atoms with van der Waals surface area (Å²) < 4.78 is 0. The molecular weight excluding hydrogens is 329 g/mol. The van der Waals surface area contributed by atoms with Gasteiger partial charge in [-0.1, -0.05) is 53.4 Å². The van der Waals surface area contributed by atoms with Crippen LogP contribution in [0.25, 0.3) is 0 Å². The number of hydrogen-bond acceptors (Lipinski definition) is 2. The zero-order chi connectivity index (χ0) is 19.0. The summed E-state index contributed by atoms with van der Waals surface area (Å²) in [5.41, 5.74) is 0. The van der Waals surface area contributed by atoms with Gasteiger partial charge in [0.05, 0.1) is 24.6 Å². The molecule has 0 spiro atoms. The number of nitrogens with one attached hydrogen (secondary N) is 1. The van der Waals surface area contributed by atoms with Crippen LogP contribution in [0.4, 0.5) is 0 Å². The van der Waals surface area contributed by atoms with Crippen LogP contribution in [0, 0.1) is 0 Å². The molecule has 2 N–H and O–H groups in total. The predicted molar refractivity (Wildman–Crippen MR) is 115 cm³/mol. The lowest BCUT2D eigenvalue weighted by Crippen LogP contribution is -2.29. The van der Waals surface area contributed by atoms with Crippen molar-refractivity contribution in [3.8, 4) is 0 Å². The Morgan fingerprint density at radius 3 is 1.48 bits per heavy atom. The summed E-state index contributed by atoms with van der Waals surface area (Å²) in [4.78, 5) is 10.1. The molecule has 3 nitrogen and oxygen atoms in total. The van der Waals surface area contributed by atoms with Crippen molar-refractivity contribution in [3.63, 3.8) is 0 Å². The highest BCUT2D eigenvalue weighted by Crippen LogP contribution is 2.61. The molecule has 0 aliphatic carbocycles. The van der Waals surface area contributed by atoms with Crippen LogP contribution in [0.1, 0.15) is 91.9 Å². The van der Waals surface area contributed by atoms with Crippen molar-refractivity contribution < 1.29 is 9.90 Å². The van der Waals surface area contributed by atoms with Crippen LogP contribution >= 0.6 is 7.26 Å². The lowest BCUT2D eigenvalue weighted by molar-refractivity contribution is -0.139. The van der Waals surface area contributed by atoms with E-state index in [2.05, 4.69) is 33.0 Å². The Bertz CT molecular complexity index is 280. The highest BCUT2D eigenvalue weighted by molar-refractivity contribution is 7.75. The zero-order valence-corrected chi connectivity index (χ0v) is 18.4. The number of aliphatic carboxylic acids is 1. The quantitative estimate of drug-likeness (QED) is 0.387. The Morgan fingerprint density at radius 2 is 1.28 bits per heavy atom. The van der Waals surface area contributed by atoms with Crippen molar-refractivity contribution in [2.45, 2.75) is 97.9 Å². The molecule has 0 unspecified atom stereocenters. The van der Waals surface area contributed by atoms with Crippen molar-refractivity contribution >= 4 is 13.2 Å². The Hall–Kier alpha value is -0.140. The standard InChI is InChI=1S/C16H36P.C5H9NO2/c1-5-9-13-17(14-10-6-2,15-11-7-3)16-12-8-4;7-5(8)4-2-1-3-6-4/h5-16H2,1-4H3;4,6H,1-3H2,(H,7,8)/q+1;/t;4-/m.0/s1. The lowest BCUT2D eigenvalue weighted by Gasteiger charge is -2.28. The van der Waals surface area contributed by atoms with E-state index in [1.54, 1.807) is 24.6 Å². The fourth-order valence-corrected chi connectivity index (χ4v) is 8.83. The first-order chi connectivity index (χ1) is 12.0. The van der Waals surface area contributed by atoms with E-state index in [1.165, 1.54) is 51.4 Å². The minimum Gasteiger partial charge on any atom is -0.480 e. The summed E-state index contributed by atoms with van der Waals surface area (Å²) in [7, 11) is -0.562. The van der Waals surface area contributed by atoms with Gasteiger partial charge in [0.15, 0.2) is 0 Å². The summed E-state index contributed by atoms with van der Waals surface area (Å²) in [6.07, 6.45) is 19.7. The number of carboxylic acids is 1. The number of hydrogen-bond donors (Lipinski definition) is 2. The largest absolute Gasteiger partial charge is 0.480 e. The maximum absolute atomic E-state index is 10.1. The second-order valence-corrected chi connectivity index (χ2v) is 12.1. The third-order valence-corrected chi connectivity index (χ3v) is 10.4. The first-order valence-corrected chi connectivity index (χ1v) is 13.4. The summed E-state index contributed by atoms with van der Waals surface area (Å²) in [5, 5.41) is 11.2. The van der Waals surface area contributed by atoms with E-state index in [0.29, 0.717) is 0 Å². The lowest BCUT2D eigenvalue weighted by atomic mass is 10.2. The maximum atomic E-state index is 10.1. The second-order valence-electron chi connectivity index (χ2n) is 7.64. The van der Waals surface area contributed by atoms with E-state index in [-0.39, 0.29) is 6.04 Å². The molecule has 25 heavy (non-hydrogen) atoms. The molecular formula is C21H45NO2P+. The molecule has 0 radical (unpaired) electrons. The van der Waals surface area contributed by atoms with Gasteiger partial charge in [-0.25, -0.2) is 0 Å².